The van der Waals surface area contributed by atoms with Crippen LogP contribution >= 0.6 is 0 Å². The summed E-state index contributed by atoms with van der Waals surface area (Å²) in [6.45, 7) is 0.473. The Kier molecular flexibility index (Phi) is 11.4. The van der Waals surface area contributed by atoms with E-state index in [4.69, 9.17) is 24.0 Å². The van der Waals surface area contributed by atoms with Gasteiger partial charge in [0.1, 0.15) is 23.9 Å². The molecule has 23 heteroatoms. The molecule has 0 saturated heterocycles. The second-order valence-corrected chi connectivity index (χ2v) is 17.7. The normalized spacial score (nSPS) is 15.5. The van der Waals surface area contributed by atoms with Crippen LogP contribution in [-0.4, -0.2) is 83.5 Å². The zero-order valence-electron chi connectivity index (χ0n) is 38.6. The number of anilines is 3. The first kappa shape index (κ1) is 45.1. The van der Waals surface area contributed by atoms with Crippen LogP contribution in [0.5, 0.6) is 11.5 Å². The fourth-order valence-corrected chi connectivity index (χ4v) is 9.30. The first-order valence-electron chi connectivity index (χ1n) is 23.1. The molecule has 2 fully saturated rings. The van der Waals surface area contributed by atoms with Crippen molar-refractivity contribution in [3.05, 3.63) is 135 Å². The zero-order chi connectivity index (χ0) is 49.8. The molecule has 0 spiro atoms. The van der Waals surface area contributed by atoms with Crippen molar-refractivity contribution in [2.45, 2.75) is 57.3 Å². The molecule has 0 bridgehead atoms. The van der Waals surface area contributed by atoms with Gasteiger partial charge in [-0.05, 0) is 80.0 Å². The Hall–Kier alpha value is -9.41. The number of aromatic hydroxyl groups is 2. The number of hydrogen-bond acceptors (Lipinski definition) is 16. The number of carbonyl (C=O) groups is 3. The number of nitrogens with one attached hydrogen (secondary N) is 4. The maximum Gasteiger partial charge on any atom is 0.296 e. The van der Waals surface area contributed by atoms with Crippen LogP contribution in [0.15, 0.2) is 110 Å². The van der Waals surface area contributed by atoms with Gasteiger partial charge in [-0.2, -0.15) is 0 Å². The Bertz CT molecular complexity index is 3710. The second kappa shape index (κ2) is 18.2. The van der Waals surface area contributed by atoms with Crippen LogP contribution in [0.3, 0.4) is 0 Å². The van der Waals surface area contributed by atoms with Gasteiger partial charge < -0.3 is 49.7 Å². The predicted molar refractivity (Wildman–Crippen MR) is 259 cm³/mol. The summed E-state index contributed by atoms with van der Waals surface area (Å²) in [5, 5.41) is 41.1. The largest absolute Gasteiger partial charge is 0.501 e. The molecular formula is C49H44N14O9. The highest BCUT2D eigenvalue weighted by molar-refractivity contribution is 6.05. The van der Waals surface area contributed by atoms with Crippen LogP contribution < -0.4 is 32.4 Å². The van der Waals surface area contributed by atoms with Crippen molar-refractivity contribution in [2.24, 2.45) is 13.0 Å². The molecule has 2 aliphatic rings. The average Bonchev–Trinajstić information content (AvgIpc) is 4.21. The number of rotatable bonds is 14. The highest BCUT2D eigenvalue weighted by Gasteiger charge is 2.39. The number of carbonyl (C=O) groups excluding carboxylic acids is 3. The highest BCUT2D eigenvalue weighted by Crippen LogP contribution is 2.45. The van der Waals surface area contributed by atoms with E-state index in [9.17, 15) is 34.2 Å². The van der Waals surface area contributed by atoms with Gasteiger partial charge in [0.15, 0.2) is 34.7 Å². The summed E-state index contributed by atoms with van der Waals surface area (Å²) >= 11 is 0. The van der Waals surface area contributed by atoms with Crippen LogP contribution in [-0.2, 0) is 20.1 Å². The summed E-state index contributed by atoms with van der Waals surface area (Å²) in [6, 6.07) is 20.0. The summed E-state index contributed by atoms with van der Waals surface area (Å²) in [7, 11) is 2.95. The van der Waals surface area contributed by atoms with Crippen molar-refractivity contribution >= 4 is 56.9 Å². The number of amides is 3. The van der Waals surface area contributed by atoms with E-state index in [-0.39, 0.29) is 53.2 Å². The highest BCUT2D eigenvalue weighted by atomic mass is 16.5. The average molecular weight is 973 g/mol. The van der Waals surface area contributed by atoms with Crippen LogP contribution in [0.2, 0.25) is 0 Å². The second-order valence-electron chi connectivity index (χ2n) is 17.7. The minimum absolute atomic E-state index is 0.000527. The minimum Gasteiger partial charge on any atom is -0.501 e. The fraction of sp³-hybridized carbons (Fsp3) is 0.245. The first-order valence-corrected chi connectivity index (χ1v) is 23.1. The van der Waals surface area contributed by atoms with Gasteiger partial charge in [-0.15, -0.1) is 0 Å². The van der Waals surface area contributed by atoms with Gasteiger partial charge >= 0.3 is 0 Å². The summed E-state index contributed by atoms with van der Waals surface area (Å²) in [4.78, 5) is 88.2. The fourth-order valence-electron chi connectivity index (χ4n) is 9.30. The van der Waals surface area contributed by atoms with E-state index in [0.717, 1.165) is 35.1 Å². The molecule has 2 atom stereocenters. The van der Waals surface area contributed by atoms with Crippen molar-refractivity contribution in [3.8, 4) is 34.8 Å². The lowest BCUT2D eigenvalue weighted by atomic mass is 9.79. The Morgan fingerprint density at radius 1 is 0.681 bits per heavy atom. The molecule has 2 unspecified atom stereocenters. The molecule has 11 rings (SSSR count). The summed E-state index contributed by atoms with van der Waals surface area (Å²) in [6.07, 6.45) is 8.44. The first-order chi connectivity index (χ1) is 34.9. The van der Waals surface area contributed by atoms with E-state index in [1.54, 1.807) is 18.2 Å². The Morgan fingerprint density at radius 3 is 1.97 bits per heavy atom. The molecule has 0 radical (unpaired) electrons. The molecule has 3 aromatic carbocycles. The van der Waals surface area contributed by atoms with E-state index >= 15 is 0 Å². The van der Waals surface area contributed by atoms with Gasteiger partial charge in [0.2, 0.25) is 11.5 Å². The van der Waals surface area contributed by atoms with E-state index in [1.165, 1.54) is 43.6 Å². The zero-order valence-corrected chi connectivity index (χ0v) is 38.6. The van der Waals surface area contributed by atoms with Crippen molar-refractivity contribution < 1.29 is 33.6 Å². The summed E-state index contributed by atoms with van der Waals surface area (Å²) in [5.41, 5.74) is 1.87. The van der Waals surface area contributed by atoms with E-state index in [2.05, 4.69) is 36.6 Å². The molecule has 364 valence electrons. The Labute approximate surface area is 406 Å². The number of hydrogen-bond donors (Lipinski definition) is 6. The van der Waals surface area contributed by atoms with Crippen molar-refractivity contribution in [2.75, 3.05) is 23.0 Å². The van der Waals surface area contributed by atoms with Crippen LogP contribution in [0.1, 0.15) is 81.1 Å². The third-order valence-electron chi connectivity index (χ3n) is 13.4. The predicted octanol–water partition coefficient (Wildman–Crippen LogP) is 5.61. The van der Waals surface area contributed by atoms with E-state index < -0.39 is 57.8 Å². The minimum atomic E-state index is -0.910. The Balaban J connectivity index is 1.05. The van der Waals surface area contributed by atoms with Crippen LogP contribution in [0.25, 0.3) is 45.4 Å². The van der Waals surface area contributed by atoms with Crippen LogP contribution in [0.4, 0.5) is 17.1 Å². The molecule has 9 aromatic rings. The van der Waals surface area contributed by atoms with Gasteiger partial charge in [-0.1, -0.05) is 40.6 Å². The molecule has 3 amide bonds. The van der Waals surface area contributed by atoms with Gasteiger partial charge in [-0.25, -0.2) is 19.9 Å². The molecule has 72 heavy (non-hydrogen) atoms. The maximum atomic E-state index is 14.8. The van der Waals surface area contributed by atoms with Gasteiger partial charge in [0, 0.05) is 50.5 Å². The topological polar surface area (TPSA) is 297 Å². The Morgan fingerprint density at radius 2 is 1.35 bits per heavy atom. The third kappa shape index (κ3) is 7.94. The van der Waals surface area contributed by atoms with Gasteiger partial charge in [0.05, 0.1) is 34.5 Å². The lowest BCUT2D eigenvalue weighted by molar-refractivity contribution is 0.0961. The summed E-state index contributed by atoms with van der Waals surface area (Å²) < 4.78 is 16.0. The molecule has 2 aliphatic carbocycles. The smallest absolute Gasteiger partial charge is 0.296 e. The summed E-state index contributed by atoms with van der Waals surface area (Å²) in [5.74, 6) is -3.89. The molecule has 23 nitrogen and oxygen atoms in total. The quantitative estimate of drug-likeness (QED) is 0.0772. The molecule has 0 aliphatic heterocycles. The number of imidazole rings is 2. The number of nitrogens with zero attached hydrogens (tertiary/aromatic N) is 10. The van der Waals surface area contributed by atoms with E-state index in [0.29, 0.717) is 47.0 Å². The maximum absolute atomic E-state index is 14.8. The monoisotopic (exact) mass is 972 g/mol. The lowest BCUT2D eigenvalue weighted by Crippen LogP contribution is -2.38. The number of fused-ring (bicyclic) bond motifs is 2. The molecule has 6 heterocycles. The van der Waals surface area contributed by atoms with Crippen molar-refractivity contribution in [3.63, 3.8) is 0 Å². The van der Waals surface area contributed by atoms with Crippen molar-refractivity contribution in [1.29, 1.82) is 0 Å². The van der Waals surface area contributed by atoms with Gasteiger partial charge in [0.25, 0.3) is 28.8 Å². The molecular weight excluding hydrogens is 929 g/mol. The van der Waals surface area contributed by atoms with Crippen LogP contribution in [0, 0.1) is 5.92 Å². The molecule has 6 N–H and O–H groups in total. The number of benzene rings is 3. The number of aromatic nitrogens is 10. The van der Waals surface area contributed by atoms with E-state index in [1.807, 2.05) is 57.7 Å². The third-order valence-corrected chi connectivity index (χ3v) is 13.4. The SMILES string of the molecule is CNC(=O)c1ccc2nc(-c3nc(C(=O)Nc4cnoc4)c(O)c(=O)n3CC3CCC3n3c(-c4nc(C(=O)Nc5cnoc5)c(O)c(=O)n4C)nc4cc(NCc5ccccc5)ccc43)n(C3CCC3)c2c1. The molecule has 2 saturated carbocycles. The van der Waals surface area contributed by atoms with Gasteiger partial charge in [-0.3, -0.25) is 33.1 Å². The lowest BCUT2D eigenvalue weighted by Gasteiger charge is -2.39. The standard InChI is InChI=1S/C49H44N14O9/c1-50-45(66)26-11-14-32-36(17-26)62(31-9-6-10-31)44(56-32)42-59-38(47(68)55-30-21-53-72-24-30)40(65)49(70)61(42)22-27-12-15-34(27)63-35-16-13-28(51-19-25-7-4-3-5-8-25)18-33(35)57-43(63)41-58-37(39(64)48(69)60(41)2)46(67)54-29-20-52-71-23-29/h3-5,7-8,11,13-14,16-18,20-21,23-24,27,31,34,51,64-65H,6,9-10,12,15,19,22H2,1-2H3,(H,50,66)(H,54,67)(H,55,68). The molecule has 6 aromatic heterocycles. The van der Waals surface area contributed by atoms with Crippen molar-refractivity contribution in [1.82, 2.24) is 53.8 Å².